The van der Waals surface area contributed by atoms with Gasteiger partial charge in [-0.3, -0.25) is 9.10 Å². The second-order valence-electron chi connectivity index (χ2n) is 5.98. The predicted octanol–water partition coefficient (Wildman–Crippen LogP) is 2.96. The summed E-state index contributed by atoms with van der Waals surface area (Å²) in [5.74, 6) is -1.15. The van der Waals surface area contributed by atoms with E-state index in [0.29, 0.717) is 6.54 Å². The third kappa shape index (κ3) is 3.86. The molecule has 144 valence electrons. The first-order valence-electron chi connectivity index (χ1n) is 8.35. The van der Waals surface area contributed by atoms with Crippen LogP contribution in [0.4, 0.5) is 10.1 Å². The fourth-order valence-corrected chi connectivity index (χ4v) is 4.41. The number of nitrogens with one attached hydrogen (secondary N) is 1. The maximum absolute atomic E-state index is 14.3. The lowest BCUT2D eigenvalue weighted by Gasteiger charge is -2.34. The molecule has 0 aliphatic carbocycles. The number of carbonyl (C=O) groups excluding carboxylic acids is 1. The highest BCUT2D eigenvalue weighted by atomic mass is 35.5. The summed E-state index contributed by atoms with van der Waals surface area (Å²) < 4.78 is 47.2. The lowest BCUT2D eigenvalue weighted by Crippen LogP contribution is -2.50. The summed E-state index contributed by atoms with van der Waals surface area (Å²) in [4.78, 5) is 11.8. The Bertz CT molecular complexity index is 968. The molecule has 9 heteroatoms. The zero-order valence-corrected chi connectivity index (χ0v) is 16.1. The maximum atomic E-state index is 14.3. The molecule has 3 rings (SSSR count). The minimum Gasteiger partial charge on any atom is -0.476 e. The molecule has 0 unspecified atom stereocenters. The monoisotopic (exact) mass is 412 g/mol. The van der Waals surface area contributed by atoms with Crippen LogP contribution in [0.25, 0.3) is 0 Å². The molecule has 2 aromatic carbocycles. The van der Waals surface area contributed by atoms with Crippen molar-refractivity contribution in [1.82, 2.24) is 5.32 Å². The van der Waals surface area contributed by atoms with Crippen LogP contribution >= 0.6 is 11.6 Å². The molecule has 0 aromatic heterocycles. The highest BCUT2D eigenvalue weighted by molar-refractivity contribution is 7.92. The van der Waals surface area contributed by atoms with Gasteiger partial charge in [0.25, 0.3) is 15.9 Å². The third-order valence-electron chi connectivity index (χ3n) is 4.04. The highest BCUT2D eigenvalue weighted by Crippen LogP contribution is 2.37. The quantitative estimate of drug-likeness (QED) is 0.819. The number of para-hydroxylation sites is 2. The number of carbonyl (C=O) groups is 1. The summed E-state index contributed by atoms with van der Waals surface area (Å²) in [5.41, 5.74) is 0.242. The lowest BCUT2D eigenvalue weighted by atomic mass is 10.2. The molecule has 1 amide bonds. The van der Waals surface area contributed by atoms with E-state index in [4.69, 9.17) is 16.3 Å². The summed E-state index contributed by atoms with van der Waals surface area (Å²) in [6, 6.07) is 9.76. The fourth-order valence-electron chi connectivity index (χ4n) is 2.73. The van der Waals surface area contributed by atoms with E-state index in [2.05, 4.69) is 5.32 Å². The van der Waals surface area contributed by atoms with E-state index in [0.717, 1.165) is 22.9 Å². The standard InChI is InChI=1S/C18H18ClFN2O4S/c1-2-9-21-18(23)16-11-22(14-5-3-4-6-15(14)26-16)27(24,25)17-8-7-12(19)10-13(17)20/h3-8,10,16H,2,9,11H2,1H3,(H,21,23)/t16-/m0/s1. The number of ether oxygens (including phenoxy) is 1. The Labute approximate surface area is 161 Å². The Kier molecular flexibility index (Phi) is 5.57. The summed E-state index contributed by atoms with van der Waals surface area (Å²) in [5, 5.41) is 2.78. The van der Waals surface area contributed by atoms with Crippen molar-refractivity contribution in [2.24, 2.45) is 0 Å². The van der Waals surface area contributed by atoms with E-state index in [1.807, 2.05) is 6.92 Å². The summed E-state index contributed by atoms with van der Waals surface area (Å²) in [6.45, 7) is 2.08. The molecule has 0 bridgehead atoms. The molecule has 1 heterocycles. The number of rotatable bonds is 5. The van der Waals surface area contributed by atoms with Crippen LogP contribution in [0.15, 0.2) is 47.4 Å². The van der Waals surface area contributed by atoms with Gasteiger partial charge < -0.3 is 10.1 Å². The Morgan fingerprint density at radius 3 is 2.78 bits per heavy atom. The fraction of sp³-hybridized carbons (Fsp3) is 0.278. The smallest absolute Gasteiger partial charge is 0.267 e. The van der Waals surface area contributed by atoms with E-state index < -0.39 is 32.7 Å². The molecule has 2 aromatic rings. The van der Waals surface area contributed by atoms with Crippen LogP contribution in [0, 0.1) is 5.82 Å². The van der Waals surface area contributed by atoms with Gasteiger partial charge in [-0.25, -0.2) is 12.8 Å². The normalized spacial score (nSPS) is 16.4. The summed E-state index contributed by atoms with van der Waals surface area (Å²) in [6.07, 6.45) is -0.316. The predicted molar refractivity (Wildman–Crippen MR) is 100 cm³/mol. The van der Waals surface area contributed by atoms with Gasteiger partial charge in [0, 0.05) is 11.6 Å². The minimum absolute atomic E-state index is 0.0886. The zero-order valence-electron chi connectivity index (χ0n) is 14.5. The van der Waals surface area contributed by atoms with E-state index in [1.54, 1.807) is 24.3 Å². The van der Waals surface area contributed by atoms with Crippen molar-refractivity contribution >= 4 is 33.2 Å². The summed E-state index contributed by atoms with van der Waals surface area (Å²) in [7, 11) is -4.27. The molecule has 1 atom stereocenters. The molecular formula is C18H18ClFN2O4S. The van der Waals surface area contributed by atoms with Crippen molar-refractivity contribution < 1.29 is 22.3 Å². The van der Waals surface area contributed by atoms with Crippen molar-refractivity contribution in [3.63, 3.8) is 0 Å². The van der Waals surface area contributed by atoms with Gasteiger partial charge in [-0.2, -0.15) is 0 Å². The van der Waals surface area contributed by atoms with Crippen LogP contribution in [0.1, 0.15) is 13.3 Å². The average Bonchev–Trinajstić information content (AvgIpc) is 2.64. The molecule has 0 radical (unpaired) electrons. The number of anilines is 1. The van der Waals surface area contributed by atoms with E-state index in [1.165, 1.54) is 6.07 Å². The van der Waals surface area contributed by atoms with Crippen LogP contribution in [0.3, 0.4) is 0 Å². The number of fused-ring (bicyclic) bond motifs is 1. The van der Waals surface area contributed by atoms with E-state index in [-0.39, 0.29) is 23.0 Å². The van der Waals surface area contributed by atoms with E-state index >= 15 is 0 Å². The number of nitrogens with zero attached hydrogens (tertiary/aromatic N) is 1. The number of hydrogen-bond acceptors (Lipinski definition) is 4. The van der Waals surface area contributed by atoms with Gasteiger partial charge in [0.15, 0.2) is 6.10 Å². The molecule has 0 saturated carbocycles. The first kappa shape index (κ1) is 19.4. The SMILES string of the molecule is CCCNC(=O)[C@@H]1CN(S(=O)(=O)c2ccc(Cl)cc2F)c2ccccc2O1. The highest BCUT2D eigenvalue weighted by Gasteiger charge is 2.38. The molecule has 6 nitrogen and oxygen atoms in total. The van der Waals surface area contributed by atoms with Crippen molar-refractivity contribution in [2.45, 2.75) is 24.3 Å². The van der Waals surface area contributed by atoms with Gasteiger partial charge >= 0.3 is 0 Å². The number of hydrogen-bond donors (Lipinski definition) is 1. The first-order chi connectivity index (χ1) is 12.8. The zero-order chi connectivity index (χ0) is 19.6. The molecule has 0 saturated heterocycles. The van der Waals surface area contributed by atoms with Crippen LogP contribution in [0.5, 0.6) is 5.75 Å². The van der Waals surface area contributed by atoms with Gasteiger partial charge in [-0.1, -0.05) is 30.7 Å². The molecule has 27 heavy (non-hydrogen) atoms. The Hall–Kier alpha value is -2.32. The number of benzene rings is 2. The van der Waals surface area contributed by atoms with Gasteiger partial charge in [0.05, 0.1) is 12.2 Å². The molecule has 1 N–H and O–H groups in total. The maximum Gasteiger partial charge on any atom is 0.267 e. The molecule has 1 aliphatic heterocycles. The van der Waals surface area contributed by atoms with Crippen LogP contribution in [-0.2, 0) is 14.8 Å². The van der Waals surface area contributed by atoms with Crippen LogP contribution in [0.2, 0.25) is 5.02 Å². The Balaban J connectivity index is 2.03. The van der Waals surface area contributed by atoms with E-state index in [9.17, 15) is 17.6 Å². The summed E-state index contributed by atoms with van der Waals surface area (Å²) >= 11 is 5.73. The lowest BCUT2D eigenvalue weighted by molar-refractivity contribution is -0.127. The number of sulfonamides is 1. The Morgan fingerprint density at radius 2 is 2.07 bits per heavy atom. The van der Waals surface area contributed by atoms with Crippen LogP contribution < -0.4 is 14.4 Å². The molecule has 1 aliphatic rings. The second kappa shape index (κ2) is 7.74. The van der Waals surface area contributed by atoms with Gasteiger partial charge in [-0.15, -0.1) is 0 Å². The topological polar surface area (TPSA) is 75.7 Å². The van der Waals surface area contributed by atoms with Gasteiger partial charge in [-0.05, 0) is 36.8 Å². The number of halogens is 2. The average molecular weight is 413 g/mol. The van der Waals surface area contributed by atoms with Gasteiger partial charge in [0.2, 0.25) is 0 Å². The molecular weight excluding hydrogens is 395 g/mol. The molecule has 0 spiro atoms. The Morgan fingerprint density at radius 1 is 1.33 bits per heavy atom. The van der Waals surface area contributed by atoms with Crippen molar-refractivity contribution in [1.29, 1.82) is 0 Å². The van der Waals surface area contributed by atoms with Crippen LogP contribution in [-0.4, -0.2) is 33.5 Å². The van der Waals surface area contributed by atoms with Crippen molar-refractivity contribution in [3.8, 4) is 5.75 Å². The van der Waals surface area contributed by atoms with Crippen molar-refractivity contribution in [2.75, 3.05) is 17.4 Å². The second-order valence-corrected chi connectivity index (χ2v) is 8.24. The number of amides is 1. The van der Waals surface area contributed by atoms with Gasteiger partial charge in [0.1, 0.15) is 16.5 Å². The first-order valence-corrected chi connectivity index (χ1v) is 10.2. The van der Waals surface area contributed by atoms with Crippen molar-refractivity contribution in [3.05, 3.63) is 53.3 Å². The molecule has 0 fully saturated rings. The third-order valence-corrected chi connectivity index (χ3v) is 6.09. The minimum atomic E-state index is -4.27. The largest absolute Gasteiger partial charge is 0.476 e.